The Kier molecular flexibility index (Phi) is 4.29. The van der Waals surface area contributed by atoms with Crippen LogP contribution in [0.5, 0.6) is 0 Å². The summed E-state index contributed by atoms with van der Waals surface area (Å²) in [5.74, 6) is 1.40. The largest absolute Gasteiger partial charge is 0.465 e. The van der Waals surface area contributed by atoms with Crippen molar-refractivity contribution >= 4 is 11.9 Å². The van der Waals surface area contributed by atoms with Crippen LogP contribution in [0.3, 0.4) is 0 Å². The zero-order valence-corrected chi connectivity index (χ0v) is 9.60. The number of ether oxygens (including phenoxy) is 2. The summed E-state index contributed by atoms with van der Waals surface area (Å²) in [5, 5.41) is 0. The number of carbonyl (C=O) groups excluding carboxylic acids is 2. The third kappa shape index (κ3) is 3.35. The van der Waals surface area contributed by atoms with E-state index in [2.05, 4.69) is 10.7 Å². The van der Waals surface area contributed by atoms with Crippen molar-refractivity contribution in [2.24, 2.45) is 0 Å². The van der Waals surface area contributed by atoms with Crippen molar-refractivity contribution < 1.29 is 19.1 Å². The van der Waals surface area contributed by atoms with Crippen LogP contribution in [0.15, 0.2) is 24.3 Å². The Morgan fingerprint density at radius 1 is 1.41 bits per heavy atom. The van der Waals surface area contributed by atoms with E-state index in [-0.39, 0.29) is 0 Å². The molecule has 0 saturated heterocycles. The lowest BCUT2D eigenvalue weighted by Crippen LogP contribution is -2.08. The molecule has 0 heterocycles. The van der Waals surface area contributed by atoms with Crippen molar-refractivity contribution in [2.45, 2.75) is 13.0 Å². The van der Waals surface area contributed by atoms with E-state index in [4.69, 9.17) is 11.2 Å². The highest BCUT2D eigenvalue weighted by Gasteiger charge is 2.14. The van der Waals surface area contributed by atoms with Gasteiger partial charge < -0.3 is 9.47 Å². The van der Waals surface area contributed by atoms with E-state index < -0.39 is 18.0 Å². The van der Waals surface area contributed by atoms with Crippen LogP contribution in [0.1, 0.15) is 28.9 Å². The van der Waals surface area contributed by atoms with Gasteiger partial charge in [0, 0.05) is 12.5 Å². The van der Waals surface area contributed by atoms with Crippen molar-refractivity contribution in [3.8, 4) is 12.3 Å². The van der Waals surface area contributed by atoms with Crippen molar-refractivity contribution in [3.63, 3.8) is 0 Å². The second-order valence-corrected chi connectivity index (χ2v) is 3.27. The van der Waals surface area contributed by atoms with Crippen LogP contribution in [0.4, 0.5) is 0 Å². The van der Waals surface area contributed by atoms with Crippen LogP contribution in [0.2, 0.25) is 0 Å². The number of methoxy groups -OCH3 is 1. The van der Waals surface area contributed by atoms with Gasteiger partial charge in [0.05, 0.1) is 12.7 Å². The van der Waals surface area contributed by atoms with Crippen molar-refractivity contribution in [1.82, 2.24) is 0 Å². The highest BCUT2D eigenvalue weighted by Crippen LogP contribution is 2.18. The van der Waals surface area contributed by atoms with E-state index in [1.54, 1.807) is 24.3 Å². The maximum atomic E-state index is 11.3. The number of rotatable bonds is 3. The molecule has 4 heteroatoms. The highest BCUT2D eigenvalue weighted by molar-refractivity contribution is 5.89. The van der Waals surface area contributed by atoms with Crippen LogP contribution < -0.4 is 0 Å². The van der Waals surface area contributed by atoms with Crippen LogP contribution in [0.25, 0.3) is 0 Å². The van der Waals surface area contributed by atoms with Crippen molar-refractivity contribution in [3.05, 3.63) is 35.4 Å². The molecule has 0 N–H and O–H groups in total. The SMILES string of the molecule is C#CC(OC(C)=O)c1cccc(C(=O)OC)c1. The summed E-state index contributed by atoms with van der Waals surface area (Å²) >= 11 is 0. The molecule has 4 nitrogen and oxygen atoms in total. The highest BCUT2D eigenvalue weighted by atomic mass is 16.5. The summed E-state index contributed by atoms with van der Waals surface area (Å²) in [5.41, 5.74) is 0.919. The summed E-state index contributed by atoms with van der Waals surface area (Å²) < 4.78 is 9.51. The van der Waals surface area contributed by atoms with E-state index >= 15 is 0 Å². The van der Waals surface area contributed by atoms with Gasteiger partial charge in [-0.25, -0.2) is 4.79 Å². The minimum atomic E-state index is -0.794. The monoisotopic (exact) mass is 232 g/mol. The van der Waals surface area contributed by atoms with E-state index in [1.165, 1.54) is 14.0 Å². The van der Waals surface area contributed by atoms with Crippen LogP contribution in [-0.2, 0) is 14.3 Å². The molecule has 0 aromatic heterocycles. The Bertz CT molecular complexity index is 471. The average Bonchev–Trinajstić information content (AvgIpc) is 2.34. The second kappa shape index (κ2) is 5.71. The summed E-state index contributed by atoms with van der Waals surface area (Å²) in [4.78, 5) is 22.2. The first kappa shape index (κ1) is 12.8. The first-order valence-electron chi connectivity index (χ1n) is 4.90. The fraction of sp³-hybridized carbons (Fsp3) is 0.231. The third-order valence-corrected chi connectivity index (χ3v) is 2.05. The Morgan fingerprint density at radius 2 is 2.12 bits per heavy atom. The fourth-order valence-corrected chi connectivity index (χ4v) is 1.31. The maximum Gasteiger partial charge on any atom is 0.337 e. The van der Waals surface area contributed by atoms with Gasteiger partial charge in [-0.15, -0.1) is 6.42 Å². The van der Waals surface area contributed by atoms with Gasteiger partial charge >= 0.3 is 11.9 Å². The average molecular weight is 232 g/mol. The molecule has 1 atom stereocenters. The molecular formula is C13H12O4. The minimum Gasteiger partial charge on any atom is -0.465 e. The molecule has 1 aromatic rings. The lowest BCUT2D eigenvalue weighted by molar-refractivity contribution is -0.144. The Labute approximate surface area is 99.5 Å². The number of hydrogen-bond acceptors (Lipinski definition) is 4. The number of hydrogen-bond donors (Lipinski definition) is 0. The molecule has 17 heavy (non-hydrogen) atoms. The van der Waals surface area contributed by atoms with Gasteiger partial charge in [0.2, 0.25) is 0 Å². The normalized spacial score (nSPS) is 11.1. The molecule has 0 saturated carbocycles. The molecule has 0 aliphatic heterocycles. The first-order valence-corrected chi connectivity index (χ1v) is 4.90. The van der Waals surface area contributed by atoms with Gasteiger partial charge in [-0.3, -0.25) is 4.79 Å². The van der Waals surface area contributed by atoms with Gasteiger partial charge in [0.25, 0.3) is 0 Å². The molecule has 1 rings (SSSR count). The molecule has 0 radical (unpaired) electrons. The quantitative estimate of drug-likeness (QED) is 0.588. The van der Waals surface area contributed by atoms with Crippen LogP contribution >= 0.6 is 0 Å². The molecule has 0 amide bonds. The Morgan fingerprint density at radius 3 is 2.65 bits per heavy atom. The second-order valence-electron chi connectivity index (χ2n) is 3.27. The molecular weight excluding hydrogens is 220 g/mol. The smallest absolute Gasteiger partial charge is 0.337 e. The minimum absolute atomic E-state index is 0.359. The first-order chi connectivity index (χ1) is 8.08. The molecule has 0 spiro atoms. The fourth-order valence-electron chi connectivity index (χ4n) is 1.31. The molecule has 0 aliphatic rings. The van der Waals surface area contributed by atoms with Crippen LogP contribution in [-0.4, -0.2) is 19.0 Å². The van der Waals surface area contributed by atoms with Crippen LogP contribution in [0, 0.1) is 12.3 Å². The Balaban J connectivity index is 3.01. The lowest BCUT2D eigenvalue weighted by Gasteiger charge is -2.11. The number of terminal acetylenes is 1. The molecule has 0 aliphatic carbocycles. The van der Waals surface area contributed by atoms with Gasteiger partial charge in [-0.2, -0.15) is 0 Å². The zero-order chi connectivity index (χ0) is 12.8. The third-order valence-electron chi connectivity index (χ3n) is 2.05. The summed E-state index contributed by atoms with van der Waals surface area (Å²) in [7, 11) is 1.29. The molecule has 1 unspecified atom stereocenters. The maximum absolute atomic E-state index is 11.3. The number of carbonyl (C=O) groups is 2. The van der Waals surface area contributed by atoms with Gasteiger partial charge in [-0.05, 0) is 12.1 Å². The number of esters is 2. The zero-order valence-electron chi connectivity index (χ0n) is 9.60. The topological polar surface area (TPSA) is 52.6 Å². The predicted molar refractivity (Wildman–Crippen MR) is 61.1 cm³/mol. The van der Waals surface area contributed by atoms with E-state index in [9.17, 15) is 9.59 Å². The van der Waals surface area contributed by atoms with Gasteiger partial charge in [0.1, 0.15) is 0 Å². The molecule has 88 valence electrons. The van der Waals surface area contributed by atoms with Crippen molar-refractivity contribution in [2.75, 3.05) is 7.11 Å². The van der Waals surface area contributed by atoms with Gasteiger partial charge in [0.15, 0.2) is 6.10 Å². The standard InChI is InChI=1S/C13H12O4/c1-4-12(17-9(2)14)10-6-5-7-11(8-10)13(15)16-3/h1,5-8,12H,2-3H3. The molecule has 0 fully saturated rings. The van der Waals surface area contributed by atoms with E-state index in [0.29, 0.717) is 11.1 Å². The van der Waals surface area contributed by atoms with Gasteiger partial charge in [-0.1, -0.05) is 18.1 Å². The van der Waals surface area contributed by atoms with Crippen molar-refractivity contribution in [1.29, 1.82) is 0 Å². The Hall–Kier alpha value is -2.28. The molecule has 0 bridgehead atoms. The van der Waals surface area contributed by atoms with E-state index in [1.807, 2.05) is 0 Å². The number of benzene rings is 1. The summed E-state index contributed by atoms with van der Waals surface area (Å²) in [6, 6.07) is 6.46. The predicted octanol–water partition coefficient (Wildman–Crippen LogP) is 1.71. The summed E-state index contributed by atoms with van der Waals surface area (Å²) in [6.45, 7) is 1.27. The lowest BCUT2D eigenvalue weighted by atomic mass is 10.1. The summed E-state index contributed by atoms with van der Waals surface area (Å²) in [6.07, 6.45) is 4.47. The van der Waals surface area contributed by atoms with E-state index in [0.717, 1.165) is 0 Å². The molecule has 1 aromatic carbocycles.